The summed E-state index contributed by atoms with van der Waals surface area (Å²) < 4.78 is 17.5. The van der Waals surface area contributed by atoms with Crippen molar-refractivity contribution in [2.75, 3.05) is 7.11 Å². The smallest absolute Gasteiger partial charge is 0.322 e. The SMILES string of the molecule is CCC(NCc1ccc(F)cc1Cl)C(=O)OC. The Hall–Kier alpha value is -1.13. The van der Waals surface area contributed by atoms with E-state index in [2.05, 4.69) is 10.1 Å². The topological polar surface area (TPSA) is 38.3 Å². The zero-order chi connectivity index (χ0) is 12.8. The third kappa shape index (κ3) is 3.98. The molecule has 0 saturated heterocycles. The van der Waals surface area contributed by atoms with Gasteiger partial charge in [0.1, 0.15) is 11.9 Å². The number of hydrogen-bond acceptors (Lipinski definition) is 3. The van der Waals surface area contributed by atoms with E-state index < -0.39 is 0 Å². The Bertz CT molecular complexity index is 398. The highest BCUT2D eigenvalue weighted by atomic mass is 35.5. The summed E-state index contributed by atoms with van der Waals surface area (Å²) in [5.74, 6) is -0.690. The molecule has 1 aromatic carbocycles. The van der Waals surface area contributed by atoms with Crippen LogP contribution in [0, 0.1) is 5.82 Å². The molecule has 0 aliphatic rings. The van der Waals surface area contributed by atoms with Gasteiger partial charge < -0.3 is 10.1 Å². The van der Waals surface area contributed by atoms with E-state index in [1.165, 1.54) is 19.2 Å². The second-order valence-corrected chi connectivity index (χ2v) is 4.01. The molecule has 0 aliphatic carbocycles. The lowest BCUT2D eigenvalue weighted by molar-refractivity contribution is -0.143. The molecule has 0 aliphatic heterocycles. The van der Waals surface area contributed by atoms with E-state index in [0.29, 0.717) is 18.0 Å². The van der Waals surface area contributed by atoms with E-state index in [1.54, 1.807) is 6.07 Å². The molecular formula is C12H15ClFNO2. The average molecular weight is 260 g/mol. The van der Waals surface area contributed by atoms with Crippen LogP contribution in [0.1, 0.15) is 18.9 Å². The fraction of sp³-hybridized carbons (Fsp3) is 0.417. The van der Waals surface area contributed by atoms with Crippen molar-refractivity contribution >= 4 is 17.6 Å². The number of hydrogen-bond donors (Lipinski definition) is 1. The summed E-state index contributed by atoms with van der Waals surface area (Å²) in [4.78, 5) is 11.3. The van der Waals surface area contributed by atoms with Crippen LogP contribution >= 0.6 is 11.6 Å². The Morgan fingerprint density at radius 1 is 1.59 bits per heavy atom. The van der Waals surface area contributed by atoms with Crippen molar-refractivity contribution in [2.24, 2.45) is 0 Å². The van der Waals surface area contributed by atoms with Gasteiger partial charge in [-0.1, -0.05) is 24.6 Å². The molecule has 1 aromatic rings. The van der Waals surface area contributed by atoms with Crippen LogP contribution < -0.4 is 5.32 Å². The van der Waals surface area contributed by atoms with E-state index in [1.807, 2.05) is 6.92 Å². The summed E-state index contributed by atoms with van der Waals surface area (Å²) >= 11 is 5.87. The number of ether oxygens (including phenoxy) is 1. The fourth-order valence-electron chi connectivity index (χ4n) is 1.43. The van der Waals surface area contributed by atoms with Gasteiger partial charge in [-0.25, -0.2) is 4.39 Å². The molecular weight excluding hydrogens is 245 g/mol. The van der Waals surface area contributed by atoms with Crippen LogP contribution in [0.3, 0.4) is 0 Å². The number of rotatable bonds is 5. The van der Waals surface area contributed by atoms with Crippen LogP contribution in [0.2, 0.25) is 5.02 Å². The molecule has 1 atom stereocenters. The van der Waals surface area contributed by atoms with Crippen molar-refractivity contribution < 1.29 is 13.9 Å². The van der Waals surface area contributed by atoms with Crippen molar-refractivity contribution in [3.05, 3.63) is 34.6 Å². The molecule has 0 aromatic heterocycles. The highest BCUT2D eigenvalue weighted by Crippen LogP contribution is 2.17. The van der Waals surface area contributed by atoms with Crippen molar-refractivity contribution in [3.63, 3.8) is 0 Å². The first-order chi connectivity index (χ1) is 8.08. The molecule has 0 fully saturated rings. The summed E-state index contributed by atoms with van der Waals surface area (Å²) in [6.07, 6.45) is 0.617. The molecule has 1 N–H and O–H groups in total. The zero-order valence-corrected chi connectivity index (χ0v) is 10.6. The van der Waals surface area contributed by atoms with Gasteiger partial charge in [0.15, 0.2) is 0 Å². The summed E-state index contributed by atoms with van der Waals surface area (Å²) in [6.45, 7) is 2.27. The number of carbonyl (C=O) groups excluding carboxylic acids is 1. The zero-order valence-electron chi connectivity index (χ0n) is 9.80. The molecule has 1 unspecified atom stereocenters. The minimum atomic E-state index is -0.376. The Kier molecular flexibility index (Phi) is 5.38. The van der Waals surface area contributed by atoms with E-state index in [-0.39, 0.29) is 17.8 Å². The number of halogens is 2. The van der Waals surface area contributed by atoms with Crippen molar-refractivity contribution in [2.45, 2.75) is 25.9 Å². The van der Waals surface area contributed by atoms with Crippen molar-refractivity contribution in [1.82, 2.24) is 5.32 Å². The Labute approximate surface area is 105 Å². The van der Waals surface area contributed by atoms with Crippen LogP contribution in [0.4, 0.5) is 4.39 Å². The van der Waals surface area contributed by atoms with Gasteiger partial charge in [-0.05, 0) is 24.1 Å². The number of esters is 1. The number of benzene rings is 1. The molecule has 0 saturated carbocycles. The summed E-state index contributed by atoms with van der Waals surface area (Å²) in [6, 6.07) is 3.80. The lowest BCUT2D eigenvalue weighted by Crippen LogP contribution is -2.36. The number of carbonyl (C=O) groups is 1. The predicted octanol–water partition coefficient (Wildman–Crippen LogP) is 2.52. The van der Waals surface area contributed by atoms with E-state index in [4.69, 9.17) is 11.6 Å². The lowest BCUT2D eigenvalue weighted by atomic mass is 10.2. The van der Waals surface area contributed by atoms with Crippen LogP contribution in [0.15, 0.2) is 18.2 Å². The predicted molar refractivity (Wildman–Crippen MR) is 64.3 cm³/mol. The minimum Gasteiger partial charge on any atom is -0.468 e. The van der Waals surface area contributed by atoms with Gasteiger partial charge in [-0.2, -0.15) is 0 Å². The molecule has 1 rings (SSSR count). The second-order valence-electron chi connectivity index (χ2n) is 3.60. The maximum Gasteiger partial charge on any atom is 0.322 e. The first kappa shape index (κ1) is 13.9. The van der Waals surface area contributed by atoms with Gasteiger partial charge in [0.2, 0.25) is 0 Å². The average Bonchev–Trinajstić information content (AvgIpc) is 2.31. The maximum atomic E-state index is 12.8. The largest absolute Gasteiger partial charge is 0.468 e. The Morgan fingerprint density at radius 2 is 2.29 bits per heavy atom. The minimum absolute atomic E-state index is 0.314. The highest BCUT2D eigenvalue weighted by Gasteiger charge is 2.16. The molecule has 3 nitrogen and oxygen atoms in total. The highest BCUT2D eigenvalue weighted by molar-refractivity contribution is 6.31. The van der Waals surface area contributed by atoms with Crippen molar-refractivity contribution in [3.8, 4) is 0 Å². The first-order valence-corrected chi connectivity index (χ1v) is 5.71. The molecule has 17 heavy (non-hydrogen) atoms. The van der Waals surface area contributed by atoms with Crippen LogP contribution in [-0.2, 0) is 16.1 Å². The van der Waals surface area contributed by atoms with Crippen LogP contribution in [0.25, 0.3) is 0 Å². The van der Waals surface area contributed by atoms with Crippen LogP contribution in [-0.4, -0.2) is 19.1 Å². The summed E-state index contributed by atoms with van der Waals surface area (Å²) in [5, 5.41) is 3.36. The van der Waals surface area contributed by atoms with Crippen LogP contribution in [0.5, 0.6) is 0 Å². The standard InChI is InChI=1S/C12H15ClFNO2/c1-3-11(12(16)17-2)15-7-8-4-5-9(14)6-10(8)13/h4-6,11,15H,3,7H2,1-2H3. The van der Waals surface area contributed by atoms with E-state index in [0.717, 1.165) is 5.56 Å². The van der Waals surface area contributed by atoms with Gasteiger partial charge in [-0.3, -0.25) is 4.79 Å². The third-order valence-corrected chi connectivity index (χ3v) is 2.80. The van der Waals surface area contributed by atoms with Gasteiger partial charge in [-0.15, -0.1) is 0 Å². The number of nitrogens with one attached hydrogen (secondary N) is 1. The molecule has 94 valence electrons. The summed E-state index contributed by atoms with van der Waals surface area (Å²) in [7, 11) is 1.34. The maximum absolute atomic E-state index is 12.8. The molecule has 0 amide bonds. The normalized spacial score (nSPS) is 12.2. The lowest BCUT2D eigenvalue weighted by Gasteiger charge is -2.14. The molecule has 5 heteroatoms. The van der Waals surface area contributed by atoms with Gasteiger partial charge in [0.25, 0.3) is 0 Å². The van der Waals surface area contributed by atoms with Gasteiger partial charge >= 0.3 is 5.97 Å². The third-order valence-electron chi connectivity index (χ3n) is 2.45. The quantitative estimate of drug-likeness (QED) is 0.826. The van der Waals surface area contributed by atoms with E-state index >= 15 is 0 Å². The fourth-order valence-corrected chi connectivity index (χ4v) is 1.67. The van der Waals surface area contributed by atoms with Gasteiger partial charge in [0.05, 0.1) is 7.11 Å². The molecule has 0 heterocycles. The van der Waals surface area contributed by atoms with E-state index in [9.17, 15) is 9.18 Å². The number of methoxy groups -OCH3 is 1. The molecule has 0 spiro atoms. The molecule has 0 radical (unpaired) electrons. The Morgan fingerprint density at radius 3 is 2.82 bits per heavy atom. The monoisotopic (exact) mass is 259 g/mol. The molecule has 0 bridgehead atoms. The summed E-state index contributed by atoms with van der Waals surface area (Å²) in [5.41, 5.74) is 0.746. The van der Waals surface area contributed by atoms with Crippen molar-refractivity contribution in [1.29, 1.82) is 0 Å². The first-order valence-electron chi connectivity index (χ1n) is 5.33. The Balaban J connectivity index is 2.62. The van der Waals surface area contributed by atoms with Gasteiger partial charge in [0, 0.05) is 11.6 Å². The second kappa shape index (κ2) is 6.57.